The highest BCUT2D eigenvalue weighted by molar-refractivity contribution is 14.1. The number of ether oxygens (including phenoxy) is 3. The highest BCUT2D eigenvalue weighted by atomic mass is 127. The van der Waals surface area contributed by atoms with Gasteiger partial charge in [-0.05, 0) is 102 Å². The van der Waals surface area contributed by atoms with E-state index in [1.54, 1.807) is 25.1 Å². The van der Waals surface area contributed by atoms with E-state index in [0.29, 0.717) is 26.3 Å². The third kappa shape index (κ3) is 7.00. The first-order chi connectivity index (χ1) is 17.1. The fourth-order valence-corrected chi connectivity index (χ4v) is 5.09. The van der Waals surface area contributed by atoms with E-state index in [4.69, 9.17) is 14.2 Å². The molecule has 36 heavy (non-hydrogen) atoms. The number of methoxy groups -OCH3 is 1. The van der Waals surface area contributed by atoms with Gasteiger partial charge in [0, 0.05) is 5.69 Å². The number of anilines is 1. The second-order valence-corrected chi connectivity index (χ2v) is 9.98. The molecule has 1 aliphatic rings. The Bertz CT molecular complexity index is 1220. The normalized spacial score (nSPS) is 14.2. The van der Waals surface area contributed by atoms with Gasteiger partial charge in [0.25, 0.3) is 11.1 Å². The molecule has 1 aliphatic heterocycles. The van der Waals surface area contributed by atoms with E-state index in [0.717, 1.165) is 27.8 Å². The van der Waals surface area contributed by atoms with Gasteiger partial charge in [-0.25, -0.2) is 4.79 Å². The van der Waals surface area contributed by atoms with Crippen LogP contribution in [0.5, 0.6) is 11.5 Å². The van der Waals surface area contributed by atoms with Gasteiger partial charge in [-0.1, -0.05) is 6.07 Å². The van der Waals surface area contributed by atoms with Gasteiger partial charge in [0.05, 0.1) is 22.2 Å². The van der Waals surface area contributed by atoms with Gasteiger partial charge in [-0.2, -0.15) is 0 Å². The molecule has 1 saturated heterocycles. The van der Waals surface area contributed by atoms with Gasteiger partial charge in [0.1, 0.15) is 6.54 Å². The minimum Gasteiger partial charge on any atom is -0.493 e. The summed E-state index contributed by atoms with van der Waals surface area (Å²) >= 11 is 2.78. The van der Waals surface area contributed by atoms with Gasteiger partial charge in [0.15, 0.2) is 18.1 Å². The maximum Gasteiger partial charge on any atom is 0.344 e. The molecule has 2 aromatic carbocycles. The summed E-state index contributed by atoms with van der Waals surface area (Å²) in [6, 6.07) is 8.96. The van der Waals surface area contributed by atoms with Crippen molar-refractivity contribution in [2.75, 3.05) is 32.2 Å². The number of imide groups is 1. The van der Waals surface area contributed by atoms with Crippen molar-refractivity contribution in [1.82, 2.24) is 4.90 Å². The zero-order valence-corrected chi connectivity index (χ0v) is 23.2. The number of carbonyl (C=O) groups excluding carboxylic acids is 4. The molecular weight excluding hydrogens is 599 g/mol. The average molecular weight is 624 g/mol. The lowest BCUT2D eigenvalue weighted by Crippen LogP contribution is -2.36. The number of rotatable bonds is 9. The molecule has 0 atom stereocenters. The molecule has 0 bridgehead atoms. The number of aryl methyl sites for hydroxylation is 2. The maximum atomic E-state index is 12.9. The van der Waals surface area contributed by atoms with Crippen LogP contribution >= 0.6 is 34.4 Å². The van der Waals surface area contributed by atoms with Crippen LogP contribution in [0.1, 0.15) is 23.6 Å². The molecule has 1 fully saturated rings. The first-order valence-corrected chi connectivity index (χ1v) is 12.8. The topological polar surface area (TPSA) is 111 Å². The molecule has 2 aromatic rings. The van der Waals surface area contributed by atoms with Crippen molar-refractivity contribution in [1.29, 1.82) is 0 Å². The number of halogens is 1. The fraction of sp³-hybridized carbons (Fsp3) is 0.280. The molecule has 0 spiro atoms. The Balaban J connectivity index is 1.73. The molecule has 0 aliphatic carbocycles. The molecule has 0 saturated carbocycles. The summed E-state index contributed by atoms with van der Waals surface area (Å²) in [5, 5.41) is 2.20. The summed E-state index contributed by atoms with van der Waals surface area (Å²) in [7, 11) is 1.45. The molecule has 190 valence electrons. The largest absolute Gasteiger partial charge is 0.493 e. The molecule has 9 nitrogen and oxygen atoms in total. The van der Waals surface area contributed by atoms with Gasteiger partial charge in [0.2, 0.25) is 5.91 Å². The Hall–Kier alpha value is -3.06. The minimum absolute atomic E-state index is 0.178. The Kier molecular flexibility index (Phi) is 9.37. The van der Waals surface area contributed by atoms with E-state index in [1.807, 2.05) is 54.6 Å². The van der Waals surface area contributed by atoms with Crippen LogP contribution in [0.4, 0.5) is 10.5 Å². The summed E-state index contributed by atoms with van der Waals surface area (Å²) in [4.78, 5) is 50.6. The van der Waals surface area contributed by atoms with E-state index < -0.39 is 29.6 Å². The molecule has 3 rings (SSSR count). The predicted molar refractivity (Wildman–Crippen MR) is 145 cm³/mol. The van der Waals surface area contributed by atoms with Crippen molar-refractivity contribution >= 4 is 69.1 Å². The van der Waals surface area contributed by atoms with E-state index in [1.165, 1.54) is 7.11 Å². The zero-order valence-electron chi connectivity index (χ0n) is 20.2. The molecular formula is C25H25IN2O7S. The number of carbonyl (C=O) groups is 4. The van der Waals surface area contributed by atoms with Crippen LogP contribution in [-0.4, -0.2) is 54.8 Å². The molecule has 0 unspecified atom stereocenters. The van der Waals surface area contributed by atoms with Crippen LogP contribution < -0.4 is 14.8 Å². The second kappa shape index (κ2) is 12.3. The number of amides is 3. The van der Waals surface area contributed by atoms with Crippen LogP contribution in [0.15, 0.2) is 35.2 Å². The highest BCUT2D eigenvalue weighted by Gasteiger charge is 2.36. The summed E-state index contributed by atoms with van der Waals surface area (Å²) in [6.07, 6.45) is 1.55. The van der Waals surface area contributed by atoms with Crippen molar-refractivity contribution in [3.05, 3.63) is 55.5 Å². The molecule has 1 heterocycles. The number of benzene rings is 2. The van der Waals surface area contributed by atoms with E-state index in [-0.39, 0.29) is 18.1 Å². The van der Waals surface area contributed by atoms with Crippen molar-refractivity contribution in [3.63, 3.8) is 0 Å². The third-order valence-corrected chi connectivity index (χ3v) is 6.58. The van der Waals surface area contributed by atoms with Crippen LogP contribution in [0, 0.1) is 17.4 Å². The number of esters is 1. The number of hydrogen-bond donors (Lipinski definition) is 1. The molecule has 3 amide bonds. The number of nitrogens with one attached hydrogen (secondary N) is 1. The van der Waals surface area contributed by atoms with Crippen LogP contribution in [-0.2, 0) is 19.1 Å². The van der Waals surface area contributed by atoms with E-state index in [2.05, 4.69) is 5.32 Å². The van der Waals surface area contributed by atoms with Crippen LogP contribution in [0.25, 0.3) is 6.08 Å². The zero-order chi connectivity index (χ0) is 26.4. The van der Waals surface area contributed by atoms with Crippen molar-refractivity contribution in [3.8, 4) is 11.5 Å². The smallest absolute Gasteiger partial charge is 0.344 e. The lowest BCUT2D eigenvalue weighted by molar-refractivity contribution is -0.145. The van der Waals surface area contributed by atoms with Crippen LogP contribution in [0.2, 0.25) is 0 Å². The van der Waals surface area contributed by atoms with Crippen molar-refractivity contribution in [2.45, 2.75) is 20.8 Å². The van der Waals surface area contributed by atoms with Gasteiger partial charge in [-0.3, -0.25) is 19.3 Å². The highest BCUT2D eigenvalue weighted by Crippen LogP contribution is 2.37. The Morgan fingerprint density at radius 2 is 1.81 bits per heavy atom. The van der Waals surface area contributed by atoms with Gasteiger partial charge in [-0.15, -0.1) is 0 Å². The third-order valence-electron chi connectivity index (χ3n) is 4.87. The maximum absolute atomic E-state index is 12.9. The first-order valence-electron chi connectivity index (χ1n) is 10.9. The molecule has 0 aromatic heterocycles. The van der Waals surface area contributed by atoms with Crippen LogP contribution in [0.3, 0.4) is 0 Å². The minimum atomic E-state index is -0.558. The second-order valence-electron chi connectivity index (χ2n) is 7.82. The Morgan fingerprint density at radius 3 is 2.44 bits per heavy atom. The van der Waals surface area contributed by atoms with Gasteiger partial charge < -0.3 is 19.5 Å². The quantitative estimate of drug-likeness (QED) is 0.246. The number of nitrogens with zero attached hydrogens (tertiary/aromatic N) is 1. The Labute approximate surface area is 226 Å². The summed E-state index contributed by atoms with van der Waals surface area (Å²) in [6.45, 7) is 5.12. The molecule has 11 heteroatoms. The lowest BCUT2D eigenvalue weighted by Gasteiger charge is -2.14. The Morgan fingerprint density at radius 1 is 1.11 bits per heavy atom. The predicted octanol–water partition coefficient (Wildman–Crippen LogP) is 4.53. The summed E-state index contributed by atoms with van der Waals surface area (Å²) in [5.41, 5.74) is 3.17. The number of hydrogen-bond acceptors (Lipinski definition) is 8. The average Bonchev–Trinajstić information content (AvgIpc) is 3.04. The summed E-state index contributed by atoms with van der Waals surface area (Å²) in [5.74, 6) is -0.821. The van der Waals surface area contributed by atoms with E-state index >= 15 is 0 Å². The van der Waals surface area contributed by atoms with Crippen molar-refractivity contribution in [2.24, 2.45) is 0 Å². The monoisotopic (exact) mass is 624 g/mol. The lowest BCUT2D eigenvalue weighted by atomic mass is 10.1. The molecule has 0 radical (unpaired) electrons. The number of thioether (sulfide) groups is 1. The standard InChI is InChI=1S/C25H25IN2O7S/c1-5-34-22(30)13-35-23-18(26)9-16(10-19(23)33-4)11-20-24(31)28(25(32)36-20)12-21(29)27-17-7-14(2)6-15(3)8-17/h6-11H,5,12-13H2,1-4H3,(H,27,29)/b20-11+. The summed E-state index contributed by atoms with van der Waals surface area (Å²) < 4.78 is 16.4. The van der Waals surface area contributed by atoms with Crippen molar-refractivity contribution < 1.29 is 33.4 Å². The molecule has 1 N–H and O–H groups in total. The first kappa shape index (κ1) is 27.5. The fourth-order valence-electron chi connectivity index (χ4n) is 3.48. The van der Waals surface area contributed by atoms with Gasteiger partial charge >= 0.3 is 5.97 Å². The SMILES string of the molecule is CCOC(=O)COc1c(I)cc(/C=C2/SC(=O)N(CC(=O)Nc3cc(C)cc(C)c3)C2=O)cc1OC. The van der Waals surface area contributed by atoms with E-state index in [9.17, 15) is 19.2 Å².